The highest BCUT2D eigenvalue weighted by Crippen LogP contribution is 2.14. The average Bonchev–Trinajstić information content (AvgIpc) is 2.62. The lowest BCUT2D eigenvalue weighted by Gasteiger charge is -2.05. The molecule has 0 rings (SSSR count). The molecule has 0 aromatic carbocycles. The second-order valence-corrected chi connectivity index (χ2v) is 7.72. The van der Waals surface area contributed by atoms with Gasteiger partial charge in [-0.3, -0.25) is 9.59 Å². The number of carboxylic acid groups (broad SMARTS) is 2. The lowest BCUT2D eigenvalue weighted by molar-refractivity contribution is -0.148. The number of aliphatic carboxylic acids is 2. The van der Waals surface area contributed by atoms with E-state index in [0.717, 1.165) is 12.8 Å². The predicted octanol–water partition coefficient (Wildman–Crippen LogP) is 6.98. The molecule has 0 radical (unpaired) electrons. The third-order valence-electron chi connectivity index (χ3n) is 5.08. The molecule has 0 aromatic heterocycles. The molecule has 1 atom stereocenters. The van der Waals surface area contributed by atoms with Crippen molar-refractivity contribution in [2.75, 3.05) is 0 Å². The van der Waals surface area contributed by atoms with Gasteiger partial charge in [-0.15, -0.1) is 0 Å². The summed E-state index contributed by atoms with van der Waals surface area (Å²) >= 11 is 0. The van der Waals surface area contributed by atoms with Crippen molar-refractivity contribution in [3.05, 3.63) is 12.2 Å². The number of hydrogen-bond acceptors (Lipinski definition) is 2. The summed E-state index contributed by atoms with van der Waals surface area (Å²) in [5.41, 5.74) is 0. The molecule has 0 spiro atoms. The zero-order chi connectivity index (χ0) is 20.2. The van der Waals surface area contributed by atoms with Gasteiger partial charge in [-0.1, -0.05) is 103 Å². The van der Waals surface area contributed by atoms with Gasteiger partial charge in [0.25, 0.3) is 0 Å². The van der Waals surface area contributed by atoms with Crippen molar-refractivity contribution in [3.8, 4) is 0 Å². The maximum Gasteiger partial charge on any atom is 0.307 e. The van der Waals surface area contributed by atoms with E-state index in [1.54, 1.807) is 0 Å². The zero-order valence-corrected chi connectivity index (χ0v) is 17.5. The molecule has 0 heterocycles. The zero-order valence-electron chi connectivity index (χ0n) is 17.5. The Balaban J connectivity index is 3.35. The Kier molecular flexibility index (Phi) is 18.5. The summed E-state index contributed by atoms with van der Waals surface area (Å²) in [7, 11) is 0. The summed E-state index contributed by atoms with van der Waals surface area (Å²) in [6.07, 6.45) is 23.6. The van der Waals surface area contributed by atoms with Crippen LogP contribution in [0.5, 0.6) is 0 Å². The van der Waals surface area contributed by atoms with Crippen LogP contribution in [0.2, 0.25) is 0 Å². The molecule has 4 heteroatoms. The molecule has 0 aliphatic rings. The van der Waals surface area contributed by atoms with Gasteiger partial charge in [-0.25, -0.2) is 0 Å². The van der Waals surface area contributed by atoms with Crippen molar-refractivity contribution < 1.29 is 19.8 Å². The Hall–Kier alpha value is -1.32. The van der Waals surface area contributed by atoms with Gasteiger partial charge in [0.2, 0.25) is 0 Å². The summed E-state index contributed by atoms with van der Waals surface area (Å²) in [5.74, 6) is -2.89. The van der Waals surface area contributed by atoms with Crippen LogP contribution in [-0.2, 0) is 9.59 Å². The quantitative estimate of drug-likeness (QED) is 0.176. The van der Waals surface area contributed by atoms with E-state index in [0.29, 0.717) is 6.42 Å². The molecular formula is C23H42O4. The number of allylic oxidation sites excluding steroid dienone is 2. The fourth-order valence-corrected chi connectivity index (χ4v) is 3.32. The Bertz CT molecular complexity index is 390. The van der Waals surface area contributed by atoms with Crippen LogP contribution in [0.4, 0.5) is 0 Å². The average molecular weight is 383 g/mol. The Morgan fingerprint density at radius 1 is 0.704 bits per heavy atom. The molecule has 0 fully saturated rings. The number of rotatable bonds is 20. The van der Waals surface area contributed by atoms with Gasteiger partial charge < -0.3 is 10.2 Å². The molecule has 0 bridgehead atoms. The Labute approximate surface area is 166 Å². The molecule has 0 aromatic rings. The second-order valence-electron chi connectivity index (χ2n) is 7.72. The van der Waals surface area contributed by atoms with E-state index in [4.69, 9.17) is 10.2 Å². The topological polar surface area (TPSA) is 74.6 Å². The molecule has 0 amide bonds. The smallest absolute Gasteiger partial charge is 0.307 e. The van der Waals surface area contributed by atoms with E-state index in [2.05, 4.69) is 6.92 Å². The van der Waals surface area contributed by atoms with Gasteiger partial charge in [-0.05, 0) is 19.3 Å². The summed E-state index contributed by atoms with van der Waals surface area (Å²) < 4.78 is 0. The Morgan fingerprint density at radius 2 is 1.15 bits per heavy atom. The third-order valence-corrected chi connectivity index (χ3v) is 5.08. The van der Waals surface area contributed by atoms with Crippen molar-refractivity contribution >= 4 is 11.9 Å². The first kappa shape index (κ1) is 25.7. The molecule has 27 heavy (non-hydrogen) atoms. The fourth-order valence-electron chi connectivity index (χ4n) is 3.32. The van der Waals surface area contributed by atoms with Gasteiger partial charge in [0.15, 0.2) is 0 Å². The second kappa shape index (κ2) is 19.4. The van der Waals surface area contributed by atoms with Crippen LogP contribution in [0.1, 0.15) is 116 Å². The molecule has 158 valence electrons. The number of carboxylic acids is 2. The monoisotopic (exact) mass is 382 g/mol. The van der Waals surface area contributed by atoms with Crippen molar-refractivity contribution in [3.63, 3.8) is 0 Å². The first-order valence-electron chi connectivity index (χ1n) is 11.2. The van der Waals surface area contributed by atoms with E-state index in [-0.39, 0.29) is 6.42 Å². The summed E-state index contributed by atoms with van der Waals surface area (Å²) in [6, 6.07) is 0. The van der Waals surface area contributed by atoms with Crippen molar-refractivity contribution in [1.29, 1.82) is 0 Å². The predicted molar refractivity (Wildman–Crippen MR) is 112 cm³/mol. The van der Waals surface area contributed by atoms with E-state index in [1.165, 1.54) is 83.5 Å². The standard InChI is InChI=1S/C23H42O4/c1-2-3-4-5-6-7-8-9-10-11-12-13-14-15-16-17-18-19-21(23(26)27)20-22(24)25/h17-18,21H,2-16,19-20H2,1H3,(H,24,25)(H,26,27). The fraction of sp³-hybridized carbons (Fsp3) is 0.826. The minimum atomic E-state index is -1.05. The largest absolute Gasteiger partial charge is 0.481 e. The summed E-state index contributed by atoms with van der Waals surface area (Å²) in [6.45, 7) is 2.26. The molecule has 4 nitrogen and oxygen atoms in total. The molecular weight excluding hydrogens is 340 g/mol. The Morgan fingerprint density at radius 3 is 1.56 bits per heavy atom. The minimum Gasteiger partial charge on any atom is -0.481 e. The number of carbonyl (C=O) groups is 2. The lowest BCUT2D eigenvalue weighted by atomic mass is 10.0. The van der Waals surface area contributed by atoms with Crippen LogP contribution in [0, 0.1) is 5.92 Å². The van der Waals surface area contributed by atoms with Crippen LogP contribution in [0.15, 0.2) is 12.2 Å². The van der Waals surface area contributed by atoms with Crippen molar-refractivity contribution in [2.24, 2.45) is 5.92 Å². The normalized spacial score (nSPS) is 12.5. The molecule has 0 aliphatic carbocycles. The maximum absolute atomic E-state index is 10.9. The summed E-state index contributed by atoms with van der Waals surface area (Å²) in [4.78, 5) is 21.5. The van der Waals surface area contributed by atoms with Gasteiger partial charge in [0, 0.05) is 0 Å². The molecule has 0 saturated carbocycles. The number of unbranched alkanes of at least 4 members (excludes halogenated alkanes) is 14. The van der Waals surface area contributed by atoms with E-state index < -0.39 is 17.9 Å². The first-order valence-corrected chi connectivity index (χ1v) is 11.2. The lowest BCUT2D eigenvalue weighted by Crippen LogP contribution is -2.16. The summed E-state index contributed by atoms with van der Waals surface area (Å²) in [5, 5.41) is 17.6. The van der Waals surface area contributed by atoms with Crippen LogP contribution in [0.3, 0.4) is 0 Å². The molecule has 0 saturated heterocycles. The van der Waals surface area contributed by atoms with E-state index in [1.807, 2.05) is 12.2 Å². The van der Waals surface area contributed by atoms with Crippen molar-refractivity contribution in [2.45, 2.75) is 116 Å². The SMILES string of the molecule is CCCCCCCCCCCCCCCCC=CCC(CC(=O)O)C(=O)O. The molecule has 0 aliphatic heterocycles. The van der Waals surface area contributed by atoms with E-state index in [9.17, 15) is 9.59 Å². The van der Waals surface area contributed by atoms with Crippen LogP contribution >= 0.6 is 0 Å². The van der Waals surface area contributed by atoms with E-state index >= 15 is 0 Å². The molecule has 2 N–H and O–H groups in total. The minimum absolute atomic E-state index is 0.306. The highest BCUT2D eigenvalue weighted by Gasteiger charge is 2.19. The van der Waals surface area contributed by atoms with Gasteiger partial charge in [-0.2, -0.15) is 0 Å². The van der Waals surface area contributed by atoms with Crippen LogP contribution in [-0.4, -0.2) is 22.2 Å². The number of hydrogen-bond donors (Lipinski definition) is 2. The van der Waals surface area contributed by atoms with Gasteiger partial charge in [0.05, 0.1) is 12.3 Å². The highest BCUT2D eigenvalue weighted by atomic mass is 16.4. The van der Waals surface area contributed by atoms with Gasteiger partial charge in [0.1, 0.15) is 0 Å². The highest BCUT2D eigenvalue weighted by molar-refractivity contribution is 5.77. The van der Waals surface area contributed by atoms with Crippen LogP contribution in [0.25, 0.3) is 0 Å². The van der Waals surface area contributed by atoms with Crippen LogP contribution < -0.4 is 0 Å². The van der Waals surface area contributed by atoms with Crippen molar-refractivity contribution in [1.82, 2.24) is 0 Å². The first-order chi connectivity index (χ1) is 13.1. The third kappa shape index (κ3) is 19.3. The van der Waals surface area contributed by atoms with Gasteiger partial charge >= 0.3 is 11.9 Å². The molecule has 1 unspecified atom stereocenters. The maximum atomic E-state index is 10.9.